The van der Waals surface area contributed by atoms with Gasteiger partial charge in [-0.05, 0) is 17.2 Å². The van der Waals surface area contributed by atoms with E-state index in [0.29, 0.717) is 17.8 Å². The molecule has 3 aromatic heterocycles. The van der Waals surface area contributed by atoms with Crippen molar-refractivity contribution in [3.05, 3.63) is 111 Å². The minimum Gasteiger partial charge on any atom is -0.494 e. The van der Waals surface area contributed by atoms with Crippen LogP contribution in [0, 0.1) is 11.6 Å². The first-order valence-corrected chi connectivity index (χ1v) is 11.3. The lowest BCUT2D eigenvalue weighted by Gasteiger charge is -2.08. The van der Waals surface area contributed by atoms with Crippen molar-refractivity contribution in [3.8, 4) is 5.75 Å². The largest absolute Gasteiger partial charge is 0.494 e. The van der Waals surface area contributed by atoms with Crippen molar-refractivity contribution >= 4 is 5.91 Å². The Balaban J connectivity index is 1.45. The number of nitrogens with zero attached hydrogens (tertiary/aromatic N) is 4. The van der Waals surface area contributed by atoms with Crippen LogP contribution in [0.15, 0.2) is 65.8 Å². The molecule has 1 amide bonds. The van der Waals surface area contributed by atoms with E-state index in [9.17, 15) is 18.4 Å². The molecule has 0 aliphatic carbocycles. The van der Waals surface area contributed by atoms with Crippen LogP contribution in [0.3, 0.4) is 0 Å². The first kappa shape index (κ1) is 25.7. The van der Waals surface area contributed by atoms with E-state index < -0.39 is 17.5 Å². The van der Waals surface area contributed by atoms with E-state index in [-0.39, 0.29) is 36.7 Å². The fourth-order valence-electron chi connectivity index (χ4n) is 3.74. The number of ether oxygens (including phenoxy) is 2. The van der Waals surface area contributed by atoms with Crippen LogP contribution in [0.5, 0.6) is 5.75 Å². The van der Waals surface area contributed by atoms with Gasteiger partial charge < -0.3 is 19.4 Å². The number of methoxy groups -OCH3 is 2. The van der Waals surface area contributed by atoms with Gasteiger partial charge in [-0.3, -0.25) is 19.3 Å². The molecule has 4 rings (SSSR count). The van der Waals surface area contributed by atoms with Gasteiger partial charge in [0.15, 0.2) is 11.6 Å². The van der Waals surface area contributed by atoms with Crippen LogP contribution in [0.1, 0.15) is 32.9 Å². The lowest BCUT2D eigenvalue weighted by molar-refractivity contribution is 0.0945. The third-order valence-electron chi connectivity index (χ3n) is 5.59. The standard InChI is InChI=1S/C26H25F2N5O4/c1-36-16-22-20(26(35)30-11-21-25(28)23(37-2)9-10-29-21)15-33(31-22)13-18-5-3-17(4-6-18)12-32-14-19(27)7-8-24(32)34/h3-10,14-15H,11-13,16H2,1-2H3,(H,30,35). The lowest BCUT2D eigenvalue weighted by atomic mass is 10.1. The molecule has 0 atom stereocenters. The molecule has 0 saturated heterocycles. The van der Waals surface area contributed by atoms with Gasteiger partial charge in [-0.2, -0.15) is 5.10 Å². The summed E-state index contributed by atoms with van der Waals surface area (Å²) in [4.78, 5) is 28.7. The number of amides is 1. The second-order valence-corrected chi connectivity index (χ2v) is 8.21. The van der Waals surface area contributed by atoms with Crippen LogP contribution in [-0.2, 0) is 31.0 Å². The molecule has 0 unspecified atom stereocenters. The number of nitrogens with one attached hydrogen (secondary N) is 1. The van der Waals surface area contributed by atoms with Gasteiger partial charge in [-0.25, -0.2) is 8.78 Å². The lowest BCUT2D eigenvalue weighted by Crippen LogP contribution is -2.24. The first-order valence-electron chi connectivity index (χ1n) is 11.3. The molecule has 0 aliphatic heterocycles. The Morgan fingerprint density at radius 1 is 0.973 bits per heavy atom. The normalized spacial score (nSPS) is 10.9. The van der Waals surface area contributed by atoms with Gasteiger partial charge in [-0.15, -0.1) is 0 Å². The van der Waals surface area contributed by atoms with Crippen LogP contribution >= 0.6 is 0 Å². The number of rotatable bonds is 10. The highest BCUT2D eigenvalue weighted by atomic mass is 19.1. The van der Waals surface area contributed by atoms with Crippen LogP contribution in [-0.4, -0.2) is 39.5 Å². The summed E-state index contributed by atoms with van der Waals surface area (Å²) in [7, 11) is 2.85. The zero-order valence-electron chi connectivity index (χ0n) is 20.3. The van der Waals surface area contributed by atoms with Gasteiger partial charge in [0.25, 0.3) is 11.5 Å². The van der Waals surface area contributed by atoms with Crippen molar-refractivity contribution in [1.29, 1.82) is 0 Å². The summed E-state index contributed by atoms with van der Waals surface area (Å²) in [5.74, 6) is -1.52. The Labute approximate surface area is 211 Å². The summed E-state index contributed by atoms with van der Waals surface area (Å²) < 4.78 is 40.8. The van der Waals surface area contributed by atoms with E-state index in [1.165, 1.54) is 43.3 Å². The molecular weight excluding hydrogens is 484 g/mol. The number of carbonyl (C=O) groups excluding carboxylic acids is 1. The smallest absolute Gasteiger partial charge is 0.255 e. The van der Waals surface area contributed by atoms with Gasteiger partial charge in [0, 0.05) is 37.8 Å². The number of hydrogen-bond donors (Lipinski definition) is 1. The topological polar surface area (TPSA) is 100 Å². The zero-order chi connectivity index (χ0) is 26.4. The van der Waals surface area contributed by atoms with Crippen molar-refractivity contribution < 1.29 is 23.0 Å². The average molecular weight is 510 g/mol. The summed E-state index contributed by atoms with van der Waals surface area (Å²) >= 11 is 0. The molecule has 0 bridgehead atoms. The van der Waals surface area contributed by atoms with Crippen molar-refractivity contribution in [2.75, 3.05) is 14.2 Å². The van der Waals surface area contributed by atoms with Gasteiger partial charge >= 0.3 is 0 Å². The number of benzene rings is 1. The zero-order valence-corrected chi connectivity index (χ0v) is 20.3. The Morgan fingerprint density at radius 3 is 2.41 bits per heavy atom. The van der Waals surface area contributed by atoms with E-state index in [1.807, 2.05) is 24.3 Å². The molecule has 0 saturated carbocycles. The van der Waals surface area contributed by atoms with Crippen LogP contribution in [0.4, 0.5) is 8.78 Å². The molecule has 11 heteroatoms. The molecule has 9 nitrogen and oxygen atoms in total. The van der Waals surface area contributed by atoms with Gasteiger partial charge in [0.2, 0.25) is 0 Å². The fourth-order valence-corrected chi connectivity index (χ4v) is 3.74. The summed E-state index contributed by atoms with van der Waals surface area (Å²) in [5, 5.41) is 7.12. The number of pyridine rings is 2. The van der Waals surface area contributed by atoms with E-state index in [2.05, 4.69) is 15.4 Å². The second kappa shape index (κ2) is 11.6. The highest BCUT2D eigenvalue weighted by Crippen LogP contribution is 2.18. The Hall–Kier alpha value is -4.38. The summed E-state index contributed by atoms with van der Waals surface area (Å²) in [6.45, 7) is 0.595. The fraction of sp³-hybridized carbons (Fsp3) is 0.231. The minimum absolute atomic E-state index is 0.0427. The van der Waals surface area contributed by atoms with Crippen molar-refractivity contribution in [2.24, 2.45) is 0 Å². The molecule has 37 heavy (non-hydrogen) atoms. The average Bonchev–Trinajstić information content (AvgIpc) is 3.29. The van der Waals surface area contributed by atoms with Crippen LogP contribution in [0.2, 0.25) is 0 Å². The minimum atomic E-state index is -0.635. The highest BCUT2D eigenvalue weighted by molar-refractivity contribution is 5.95. The van der Waals surface area contributed by atoms with E-state index in [4.69, 9.17) is 9.47 Å². The van der Waals surface area contributed by atoms with E-state index in [1.54, 1.807) is 10.9 Å². The summed E-state index contributed by atoms with van der Waals surface area (Å²) in [6.07, 6.45) is 4.17. The number of carbonyl (C=O) groups is 1. The molecule has 0 spiro atoms. The number of aromatic nitrogens is 4. The number of halogens is 2. The first-order chi connectivity index (χ1) is 17.9. The predicted molar refractivity (Wildman–Crippen MR) is 130 cm³/mol. The molecule has 3 heterocycles. The molecule has 1 aromatic carbocycles. The Kier molecular flexibility index (Phi) is 8.04. The molecule has 192 valence electrons. The third kappa shape index (κ3) is 6.25. The van der Waals surface area contributed by atoms with Crippen LogP contribution < -0.4 is 15.6 Å². The summed E-state index contributed by atoms with van der Waals surface area (Å²) in [5.41, 5.74) is 2.22. The molecular formula is C26H25F2N5O4. The van der Waals surface area contributed by atoms with Crippen molar-refractivity contribution in [3.63, 3.8) is 0 Å². The van der Waals surface area contributed by atoms with Gasteiger partial charge in [0.1, 0.15) is 11.5 Å². The van der Waals surface area contributed by atoms with Crippen LogP contribution in [0.25, 0.3) is 0 Å². The summed E-state index contributed by atoms with van der Waals surface area (Å²) in [6, 6.07) is 11.1. The van der Waals surface area contributed by atoms with E-state index >= 15 is 0 Å². The monoisotopic (exact) mass is 509 g/mol. The molecule has 0 radical (unpaired) electrons. The quantitative estimate of drug-likeness (QED) is 0.353. The number of hydrogen-bond acceptors (Lipinski definition) is 6. The molecule has 0 fully saturated rings. The van der Waals surface area contributed by atoms with E-state index in [0.717, 1.165) is 17.2 Å². The van der Waals surface area contributed by atoms with Gasteiger partial charge in [-0.1, -0.05) is 24.3 Å². The molecule has 0 aliphatic rings. The SMILES string of the molecule is COCc1nn(Cc2ccc(Cn3cc(F)ccc3=O)cc2)cc1C(=O)NCc1nccc(OC)c1F. The second-order valence-electron chi connectivity index (χ2n) is 8.21. The Morgan fingerprint density at radius 2 is 1.70 bits per heavy atom. The van der Waals surface area contributed by atoms with Crippen molar-refractivity contribution in [1.82, 2.24) is 24.6 Å². The third-order valence-corrected chi connectivity index (χ3v) is 5.59. The predicted octanol–water partition coefficient (Wildman–Crippen LogP) is 2.90. The maximum absolute atomic E-state index is 14.4. The van der Waals surface area contributed by atoms with Gasteiger partial charge in [0.05, 0.1) is 44.6 Å². The highest BCUT2D eigenvalue weighted by Gasteiger charge is 2.18. The molecule has 4 aromatic rings. The molecule has 1 N–H and O–H groups in total. The maximum atomic E-state index is 14.4. The maximum Gasteiger partial charge on any atom is 0.255 e. The van der Waals surface area contributed by atoms with Crippen molar-refractivity contribution in [2.45, 2.75) is 26.2 Å². The Bertz CT molecular complexity index is 1450.